The largest absolute Gasteiger partial charge is 0.324 e. The molecule has 2 aromatic carbocycles. The summed E-state index contributed by atoms with van der Waals surface area (Å²) in [5.74, 6) is 0.0581. The highest BCUT2D eigenvalue weighted by Crippen LogP contribution is 2.23. The van der Waals surface area contributed by atoms with Crippen molar-refractivity contribution in [3.8, 4) is 0 Å². The van der Waals surface area contributed by atoms with E-state index in [2.05, 4.69) is 35.8 Å². The Morgan fingerprint density at radius 1 is 1.10 bits per heavy atom. The van der Waals surface area contributed by atoms with E-state index in [4.69, 9.17) is 0 Å². The first-order chi connectivity index (χ1) is 10.2. The number of hydrogen-bond donors (Lipinski definition) is 2. The molecule has 1 heterocycles. The van der Waals surface area contributed by atoms with Crippen molar-refractivity contribution < 1.29 is 4.79 Å². The second kappa shape index (κ2) is 6.10. The molecule has 2 aromatic rings. The molecule has 3 heteroatoms. The van der Waals surface area contributed by atoms with Crippen molar-refractivity contribution in [2.24, 2.45) is 0 Å². The summed E-state index contributed by atoms with van der Waals surface area (Å²) >= 11 is 0. The molecule has 0 aromatic heterocycles. The van der Waals surface area contributed by atoms with Crippen LogP contribution in [0.25, 0.3) is 0 Å². The van der Waals surface area contributed by atoms with Gasteiger partial charge in [-0.15, -0.1) is 0 Å². The van der Waals surface area contributed by atoms with E-state index in [1.807, 2.05) is 36.4 Å². The summed E-state index contributed by atoms with van der Waals surface area (Å²) in [6.07, 6.45) is 1.73. The minimum absolute atomic E-state index is 0.0581. The van der Waals surface area contributed by atoms with Gasteiger partial charge >= 0.3 is 0 Å². The molecule has 108 valence electrons. The minimum Gasteiger partial charge on any atom is -0.324 e. The molecular weight excluding hydrogens is 260 g/mol. The number of amides is 1. The van der Waals surface area contributed by atoms with Gasteiger partial charge in [0, 0.05) is 11.7 Å². The van der Waals surface area contributed by atoms with Gasteiger partial charge in [-0.2, -0.15) is 0 Å². The first kappa shape index (κ1) is 13.8. The van der Waals surface area contributed by atoms with Crippen molar-refractivity contribution >= 4 is 11.6 Å². The summed E-state index contributed by atoms with van der Waals surface area (Å²) in [4.78, 5) is 12.4. The molecule has 0 spiro atoms. The van der Waals surface area contributed by atoms with E-state index in [0.717, 1.165) is 18.5 Å². The fraction of sp³-hybridized carbons (Fsp3) is 0.278. The van der Waals surface area contributed by atoms with E-state index >= 15 is 0 Å². The lowest BCUT2D eigenvalue weighted by molar-refractivity contribution is -0.118. The molecule has 1 aliphatic heterocycles. The maximum Gasteiger partial charge on any atom is 0.241 e. The highest BCUT2D eigenvalue weighted by molar-refractivity contribution is 5.96. The number of para-hydroxylation sites is 1. The molecule has 3 rings (SSSR count). The second-order valence-corrected chi connectivity index (χ2v) is 5.54. The molecule has 1 aliphatic rings. The fourth-order valence-corrected chi connectivity index (χ4v) is 2.81. The molecule has 0 aliphatic carbocycles. The lowest BCUT2D eigenvalue weighted by Crippen LogP contribution is -2.41. The van der Waals surface area contributed by atoms with Gasteiger partial charge < -0.3 is 5.32 Å². The zero-order valence-corrected chi connectivity index (χ0v) is 12.2. The van der Waals surface area contributed by atoms with Crippen molar-refractivity contribution in [3.63, 3.8) is 0 Å². The normalized spacial score (nSPS) is 19.3. The summed E-state index contributed by atoms with van der Waals surface area (Å²) in [6, 6.07) is 18.2. The Bertz CT molecular complexity index is 624. The monoisotopic (exact) mass is 280 g/mol. The fourth-order valence-electron chi connectivity index (χ4n) is 2.81. The van der Waals surface area contributed by atoms with Crippen LogP contribution in [0.1, 0.15) is 30.5 Å². The smallest absolute Gasteiger partial charge is 0.241 e. The summed E-state index contributed by atoms with van der Waals surface area (Å²) in [5.41, 5.74) is 3.36. The van der Waals surface area contributed by atoms with Gasteiger partial charge in [0.1, 0.15) is 0 Å². The first-order valence-corrected chi connectivity index (χ1v) is 7.44. The van der Waals surface area contributed by atoms with Crippen LogP contribution in [0.15, 0.2) is 54.6 Å². The predicted octanol–water partition coefficient (Wildman–Crippen LogP) is 3.29. The van der Waals surface area contributed by atoms with Crippen LogP contribution in [0.5, 0.6) is 0 Å². The number of hydrogen-bond acceptors (Lipinski definition) is 2. The molecule has 0 saturated heterocycles. The molecule has 0 fully saturated rings. The van der Waals surface area contributed by atoms with Crippen molar-refractivity contribution in [1.82, 2.24) is 5.32 Å². The van der Waals surface area contributed by atoms with Crippen molar-refractivity contribution in [1.29, 1.82) is 0 Å². The molecular formula is C18H20N2O. The van der Waals surface area contributed by atoms with Gasteiger partial charge in [0.05, 0.1) is 6.04 Å². The van der Waals surface area contributed by atoms with Crippen molar-refractivity contribution in [2.75, 3.05) is 5.32 Å². The topological polar surface area (TPSA) is 41.1 Å². The first-order valence-electron chi connectivity index (χ1n) is 7.44. The van der Waals surface area contributed by atoms with Crippen LogP contribution in [0.2, 0.25) is 0 Å². The molecule has 0 radical (unpaired) electrons. The Labute approximate surface area is 125 Å². The minimum atomic E-state index is -0.160. The van der Waals surface area contributed by atoms with Crippen molar-refractivity contribution in [3.05, 3.63) is 65.7 Å². The zero-order valence-electron chi connectivity index (χ0n) is 12.2. The molecule has 2 N–H and O–H groups in total. The maximum atomic E-state index is 12.4. The van der Waals surface area contributed by atoms with Gasteiger partial charge in [-0.1, -0.05) is 48.5 Å². The summed E-state index contributed by atoms with van der Waals surface area (Å²) < 4.78 is 0. The van der Waals surface area contributed by atoms with E-state index in [-0.39, 0.29) is 18.0 Å². The van der Waals surface area contributed by atoms with E-state index in [9.17, 15) is 4.79 Å². The third kappa shape index (κ3) is 3.14. The molecule has 2 atom stereocenters. The van der Waals surface area contributed by atoms with Gasteiger partial charge in [0.25, 0.3) is 0 Å². The Balaban J connectivity index is 1.71. The highest BCUT2D eigenvalue weighted by atomic mass is 16.2. The van der Waals surface area contributed by atoms with Gasteiger partial charge in [-0.05, 0) is 37.0 Å². The molecule has 0 saturated carbocycles. The highest BCUT2D eigenvalue weighted by Gasteiger charge is 2.24. The van der Waals surface area contributed by atoms with E-state index in [0.29, 0.717) is 0 Å². The van der Waals surface area contributed by atoms with Gasteiger partial charge in [0.2, 0.25) is 5.91 Å². The van der Waals surface area contributed by atoms with Gasteiger partial charge in [-0.25, -0.2) is 0 Å². The van der Waals surface area contributed by atoms with Crippen molar-refractivity contribution in [2.45, 2.75) is 31.8 Å². The van der Waals surface area contributed by atoms with Crippen LogP contribution >= 0.6 is 0 Å². The van der Waals surface area contributed by atoms with E-state index < -0.39 is 0 Å². The van der Waals surface area contributed by atoms with Crippen LogP contribution < -0.4 is 10.6 Å². The van der Waals surface area contributed by atoms with E-state index in [1.165, 1.54) is 11.1 Å². The molecule has 21 heavy (non-hydrogen) atoms. The molecule has 1 amide bonds. The molecule has 0 bridgehead atoms. The number of carbonyl (C=O) groups excluding carboxylic acids is 1. The standard InChI is InChI=1S/C18H20N2O/c1-13(14-7-3-2-4-8-14)19-17-12-11-15-9-5-6-10-16(15)20-18(17)21/h2-10,13,17,19H,11-12H2,1H3,(H,20,21)/t13-,17-/m1/s1. The molecule has 0 unspecified atom stereocenters. The average Bonchev–Trinajstić information content (AvgIpc) is 2.67. The quantitative estimate of drug-likeness (QED) is 0.906. The SMILES string of the molecule is C[C@@H](N[C@@H]1CCc2ccccc2NC1=O)c1ccccc1. The summed E-state index contributed by atoms with van der Waals surface area (Å²) in [7, 11) is 0. The Morgan fingerprint density at radius 2 is 1.81 bits per heavy atom. The number of fused-ring (bicyclic) bond motifs is 1. The van der Waals surface area contributed by atoms with Crippen LogP contribution in [0.4, 0.5) is 5.69 Å². The van der Waals surface area contributed by atoms with E-state index in [1.54, 1.807) is 0 Å². The summed E-state index contributed by atoms with van der Waals surface area (Å²) in [5, 5.41) is 6.48. The third-order valence-corrected chi connectivity index (χ3v) is 4.04. The number of rotatable bonds is 3. The predicted molar refractivity (Wildman–Crippen MR) is 85.2 cm³/mol. The number of carbonyl (C=O) groups is 1. The summed E-state index contributed by atoms with van der Waals surface area (Å²) in [6.45, 7) is 2.10. The number of nitrogens with one attached hydrogen (secondary N) is 2. The van der Waals surface area contributed by atoms with Crippen LogP contribution in [0.3, 0.4) is 0 Å². The Morgan fingerprint density at radius 3 is 2.62 bits per heavy atom. The van der Waals surface area contributed by atoms with Crippen LogP contribution in [0, 0.1) is 0 Å². The Kier molecular flexibility index (Phi) is 4.02. The van der Waals surface area contributed by atoms with Gasteiger partial charge in [-0.3, -0.25) is 10.1 Å². The maximum absolute atomic E-state index is 12.4. The lowest BCUT2D eigenvalue weighted by Gasteiger charge is -2.21. The third-order valence-electron chi connectivity index (χ3n) is 4.04. The average molecular weight is 280 g/mol. The van der Waals surface area contributed by atoms with Crippen LogP contribution in [-0.2, 0) is 11.2 Å². The second-order valence-electron chi connectivity index (χ2n) is 5.54. The lowest BCUT2D eigenvalue weighted by atomic mass is 10.0. The number of aryl methyl sites for hydroxylation is 1. The molecule has 3 nitrogen and oxygen atoms in total. The Hall–Kier alpha value is -2.13. The van der Waals surface area contributed by atoms with Crippen LogP contribution in [-0.4, -0.2) is 11.9 Å². The van der Waals surface area contributed by atoms with Gasteiger partial charge in [0.15, 0.2) is 0 Å². The number of anilines is 1. The zero-order chi connectivity index (χ0) is 14.7. The number of benzene rings is 2.